The molecule has 1 amide bonds. The number of amides is 1. The van der Waals surface area contributed by atoms with E-state index in [1.165, 1.54) is 0 Å². The van der Waals surface area contributed by atoms with Gasteiger partial charge in [0.25, 0.3) is 0 Å². The average molecular weight is 308 g/mol. The molecule has 4 rings (SSSR count). The van der Waals surface area contributed by atoms with Gasteiger partial charge in [0.15, 0.2) is 0 Å². The predicted molar refractivity (Wildman–Crippen MR) is 89.2 cm³/mol. The van der Waals surface area contributed by atoms with Crippen LogP contribution in [0.5, 0.6) is 0 Å². The Balaban J connectivity index is 1.43. The number of imidazole rings is 1. The highest BCUT2D eigenvalue weighted by molar-refractivity contribution is 5.88. The first-order chi connectivity index (χ1) is 11.2. The van der Waals surface area contributed by atoms with Gasteiger partial charge in [0.1, 0.15) is 5.82 Å². The maximum absolute atomic E-state index is 12.4. The zero-order chi connectivity index (χ0) is 15.8. The van der Waals surface area contributed by atoms with Gasteiger partial charge in [-0.15, -0.1) is 0 Å². The van der Waals surface area contributed by atoms with E-state index < -0.39 is 0 Å². The first-order valence-corrected chi connectivity index (χ1v) is 8.06. The molecule has 2 aromatic heterocycles. The molecule has 0 saturated heterocycles. The molecule has 0 bridgehead atoms. The van der Waals surface area contributed by atoms with E-state index in [0.717, 1.165) is 47.4 Å². The number of hydrogen-bond donors (Lipinski definition) is 2. The van der Waals surface area contributed by atoms with Crippen molar-refractivity contribution in [2.24, 2.45) is 0 Å². The molecular formula is C18H20N4O. The second-order valence-corrected chi connectivity index (χ2v) is 6.29. The van der Waals surface area contributed by atoms with Crippen LogP contribution in [0.15, 0.2) is 36.7 Å². The second-order valence-electron chi connectivity index (χ2n) is 6.29. The molecular weight excluding hydrogens is 288 g/mol. The van der Waals surface area contributed by atoms with E-state index in [1.807, 2.05) is 31.3 Å². The lowest BCUT2D eigenvalue weighted by atomic mass is 10.1. The lowest BCUT2D eigenvalue weighted by molar-refractivity contribution is -0.121. The average Bonchev–Trinajstić information content (AvgIpc) is 3.10. The number of hydrogen-bond acceptors (Lipinski definition) is 2. The van der Waals surface area contributed by atoms with Gasteiger partial charge in [0, 0.05) is 42.3 Å². The Labute approximate surface area is 134 Å². The van der Waals surface area contributed by atoms with E-state index in [1.54, 1.807) is 0 Å². The van der Waals surface area contributed by atoms with Gasteiger partial charge in [-0.2, -0.15) is 0 Å². The fourth-order valence-corrected chi connectivity index (χ4v) is 3.43. The van der Waals surface area contributed by atoms with Crippen LogP contribution in [-0.2, 0) is 24.2 Å². The normalized spacial score (nSPS) is 17.2. The molecule has 3 aromatic rings. The summed E-state index contributed by atoms with van der Waals surface area (Å²) in [5, 5.41) is 4.29. The lowest BCUT2D eigenvalue weighted by Gasteiger charge is -2.24. The first-order valence-electron chi connectivity index (χ1n) is 8.06. The highest BCUT2D eigenvalue weighted by atomic mass is 16.1. The van der Waals surface area contributed by atoms with E-state index in [-0.39, 0.29) is 11.9 Å². The molecule has 1 atom stereocenters. The minimum atomic E-state index is 0.0834. The van der Waals surface area contributed by atoms with Crippen LogP contribution in [0.3, 0.4) is 0 Å². The summed E-state index contributed by atoms with van der Waals surface area (Å²) >= 11 is 0. The number of fused-ring (bicyclic) bond motifs is 2. The van der Waals surface area contributed by atoms with Crippen LogP contribution in [0.2, 0.25) is 0 Å². The van der Waals surface area contributed by atoms with E-state index in [0.29, 0.717) is 6.42 Å². The van der Waals surface area contributed by atoms with E-state index in [4.69, 9.17) is 0 Å². The zero-order valence-electron chi connectivity index (χ0n) is 13.2. The smallest absolute Gasteiger partial charge is 0.224 e. The second kappa shape index (κ2) is 5.57. The highest BCUT2D eigenvalue weighted by Gasteiger charge is 2.21. The third-order valence-corrected chi connectivity index (χ3v) is 4.50. The van der Waals surface area contributed by atoms with Crippen molar-refractivity contribution in [3.8, 4) is 0 Å². The SMILES string of the molecule is Cc1cn2c(n1)CC[C@H](NC(=O)Cc1c[nH]c3ccccc13)C2. The van der Waals surface area contributed by atoms with Gasteiger partial charge in [-0.1, -0.05) is 18.2 Å². The molecule has 0 aliphatic carbocycles. The molecule has 3 heterocycles. The number of carbonyl (C=O) groups excluding carboxylic acids is 1. The van der Waals surface area contributed by atoms with Crippen LogP contribution in [0, 0.1) is 6.92 Å². The Morgan fingerprint density at radius 1 is 1.43 bits per heavy atom. The van der Waals surface area contributed by atoms with Crippen LogP contribution in [0.4, 0.5) is 0 Å². The maximum Gasteiger partial charge on any atom is 0.224 e. The van der Waals surface area contributed by atoms with Gasteiger partial charge in [-0.25, -0.2) is 4.98 Å². The van der Waals surface area contributed by atoms with Crippen molar-refractivity contribution in [3.63, 3.8) is 0 Å². The minimum absolute atomic E-state index is 0.0834. The van der Waals surface area contributed by atoms with E-state index in [2.05, 4.69) is 32.1 Å². The third kappa shape index (κ3) is 2.74. The van der Waals surface area contributed by atoms with Gasteiger partial charge in [-0.05, 0) is 25.0 Å². The quantitative estimate of drug-likeness (QED) is 0.780. The van der Waals surface area contributed by atoms with Gasteiger partial charge in [0.2, 0.25) is 5.91 Å². The number of nitrogens with one attached hydrogen (secondary N) is 2. The summed E-state index contributed by atoms with van der Waals surface area (Å²) < 4.78 is 2.16. The number of rotatable bonds is 3. The molecule has 0 unspecified atom stereocenters. The predicted octanol–water partition coefficient (Wildman–Crippen LogP) is 2.35. The minimum Gasteiger partial charge on any atom is -0.361 e. The number of carbonyl (C=O) groups is 1. The van der Waals surface area contributed by atoms with Crippen molar-refractivity contribution in [1.82, 2.24) is 19.9 Å². The van der Waals surface area contributed by atoms with Gasteiger partial charge >= 0.3 is 0 Å². The van der Waals surface area contributed by atoms with E-state index in [9.17, 15) is 4.79 Å². The Morgan fingerprint density at radius 2 is 2.30 bits per heavy atom. The molecule has 0 spiro atoms. The molecule has 5 heteroatoms. The first kappa shape index (κ1) is 14.1. The van der Waals surface area contributed by atoms with Gasteiger partial charge in [-0.3, -0.25) is 4.79 Å². The fraction of sp³-hybridized carbons (Fsp3) is 0.333. The summed E-state index contributed by atoms with van der Waals surface area (Å²) in [7, 11) is 0. The maximum atomic E-state index is 12.4. The van der Waals surface area contributed by atoms with Crippen LogP contribution in [0.1, 0.15) is 23.5 Å². The summed E-state index contributed by atoms with van der Waals surface area (Å²) in [6.07, 6.45) is 6.29. The van der Waals surface area contributed by atoms with Crippen molar-refractivity contribution >= 4 is 16.8 Å². The molecule has 2 N–H and O–H groups in total. The summed E-state index contributed by atoms with van der Waals surface area (Å²) in [4.78, 5) is 20.1. The molecule has 5 nitrogen and oxygen atoms in total. The van der Waals surface area contributed by atoms with Crippen molar-refractivity contribution in [2.75, 3.05) is 0 Å². The highest BCUT2D eigenvalue weighted by Crippen LogP contribution is 2.19. The number of nitrogens with zero attached hydrogens (tertiary/aromatic N) is 2. The molecule has 0 fully saturated rings. The molecule has 118 valence electrons. The number of para-hydroxylation sites is 1. The Morgan fingerprint density at radius 3 is 3.22 bits per heavy atom. The van der Waals surface area contributed by atoms with Crippen LogP contribution in [0.25, 0.3) is 10.9 Å². The molecule has 0 radical (unpaired) electrons. The standard InChI is InChI=1S/C18H20N4O/c1-12-10-22-11-14(6-7-17(22)20-12)21-18(23)8-13-9-19-16-5-3-2-4-15(13)16/h2-5,9-10,14,19H,6-8,11H2,1H3,(H,21,23)/t14-/m0/s1. The Hall–Kier alpha value is -2.56. The number of aromatic amines is 1. The molecule has 23 heavy (non-hydrogen) atoms. The molecule has 1 aliphatic rings. The zero-order valence-corrected chi connectivity index (χ0v) is 13.2. The lowest BCUT2D eigenvalue weighted by Crippen LogP contribution is -2.41. The van der Waals surface area contributed by atoms with Gasteiger partial charge in [0.05, 0.1) is 12.1 Å². The molecule has 1 aliphatic heterocycles. The van der Waals surface area contributed by atoms with Crippen LogP contribution >= 0.6 is 0 Å². The number of aromatic nitrogens is 3. The van der Waals surface area contributed by atoms with Crippen LogP contribution < -0.4 is 5.32 Å². The van der Waals surface area contributed by atoms with Crippen molar-refractivity contribution in [3.05, 3.63) is 53.7 Å². The molecule has 0 saturated carbocycles. The summed E-state index contributed by atoms with van der Waals surface area (Å²) in [6, 6.07) is 8.27. The molecule has 1 aromatic carbocycles. The van der Waals surface area contributed by atoms with Crippen molar-refractivity contribution < 1.29 is 4.79 Å². The number of H-pyrrole nitrogens is 1. The third-order valence-electron chi connectivity index (χ3n) is 4.50. The van der Waals surface area contributed by atoms with Crippen molar-refractivity contribution in [1.29, 1.82) is 0 Å². The Kier molecular flexibility index (Phi) is 3.41. The van der Waals surface area contributed by atoms with Crippen molar-refractivity contribution in [2.45, 2.75) is 38.8 Å². The summed E-state index contributed by atoms with van der Waals surface area (Å²) in [5.74, 6) is 1.21. The summed E-state index contributed by atoms with van der Waals surface area (Å²) in [5.41, 5.74) is 3.17. The van der Waals surface area contributed by atoms with E-state index >= 15 is 0 Å². The largest absolute Gasteiger partial charge is 0.361 e. The monoisotopic (exact) mass is 308 g/mol. The number of benzene rings is 1. The fourth-order valence-electron chi connectivity index (χ4n) is 3.43. The van der Waals surface area contributed by atoms with Gasteiger partial charge < -0.3 is 14.9 Å². The number of aryl methyl sites for hydroxylation is 2. The Bertz CT molecular complexity index is 861. The summed E-state index contributed by atoms with van der Waals surface area (Å²) in [6.45, 7) is 2.83. The van der Waals surface area contributed by atoms with Crippen LogP contribution in [-0.4, -0.2) is 26.5 Å². The topological polar surface area (TPSA) is 62.7 Å².